The fourth-order valence-electron chi connectivity index (χ4n) is 1.28. The molecule has 0 aliphatic heterocycles. The lowest BCUT2D eigenvalue weighted by Gasteiger charge is -2.14. The van der Waals surface area contributed by atoms with Gasteiger partial charge in [-0.1, -0.05) is 20.8 Å². The molecule has 0 saturated heterocycles. The Morgan fingerprint density at radius 2 is 1.79 bits per heavy atom. The molecule has 0 heterocycles. The molecule has 1 aliphatic rings. The minimum Gasteiger partial charge on any atom is -0.272 e. The predicted molar refractivity (Wildman–Crippen MR) is 77.1 cm³/mol. The largest absolute Gasteiger partial charge is 0.272 e. The molecule has 0 N–H and O–H groups in total. The first kappa shape index (κ1) is 15.5. The SMILES string of the molecule is CC1=CC(=NC(=O)C(C)(C)C)C=C/C1=N\S(C)(=O)=O. The van der Waals surface area contributed by atoms with Crippen LogP contribution in [0.5, 0.6) is 0 Å². The van der Waals surface area contributed by atoms with E-state index in [0.717, 1.165) is 6.26 Å². The van der Waals surface area contributed by atoms with E-state index in [-0.39, 0.29) is 5.91 Å². The summed E-state index contributed by atoms with van der Waals surface area (Å²) in [6.07, 6.45) is 5.81. The molecule has 0 spiro atoms. The molecule has 0 aromatic carbocycles. The summed E-state index contributed by atoms with van der Waals surface area (Å²) >= 11 is 0. The van der Waals surface area contributed by atoms with E-state index in [9.17, 15) is 13.2 Å². The van der Waals surface area contributed by atoms with Crippen molar-refractivity contribution in [3.63, 3.8) is 0 Å². The Bertz CT molecular complexity index is 615. The third-order valence-corrected chi connectivity index (χ3v) is 2.85. The number of nitrogens with zero attached hydrogens (tertiary/aromatic N) is 2. The zero-order valence-corrected chi connectivity index (χ0v) is 12.6. The summed E-state index contributed by atoms with van der Waals surface area (Å²) in [5.41, 5.74) is 0.992. The van der Waals surface area contributed by atoms with Gasteiger partial charge in [0.15, 0.2) is 0 Å². The van der Waals surface area contributed by atoms with Crippen molar-refractivity contribution in [1.29, 1.82) is 0 Å². The van der Waals surface area contributed by atoms with Gasteiger partial charge in [-0.2, -0.15) is 4.40 Å². The number of allylic oxidation sites excluding steroid dienone is 4. The van der Waals surface area contributed by atoms with Gasteiger partial charge in [0.2, 0.25) is 0 Å². The second-order valence-corrected chi connectivity index (χ2v) is 7.11. The number of hydrogen-bond donors (Lipinski definition) is 0. The number of hydrogen-bond acceptors (Lipinski definition) is 3. The van der Waals surface area contributed by atoms with Gasteiger partial charge in [0, 0.05) is 5.41 Å². The number of aliphatic imine (C=N–C) groups is 1. The summed E-state index contributed by atoms with van der Waals surface area (Å²) in [6, 6.07) is 0. The van der Waals surface area contributed by atoms with Crippen LogP contribution in [0.25, 0.3) is 0 Å². The van der Waals surface area contributed by atoms with E-state index in [4.69, 9.17) is 0 Å². The maximum absolute atomic E-state index is 11.8. The van der Waals surface area contributed by atoms with Crippen molar-refractivity contribution >= 4 is 27.4 Å². The molecule has 0 bridgehead atoms. The first-order chi connectivity index (χ1) is 8.49. The Hall–Kier alpha value is -1.56. The second kappa shape index (κ2) is 5.21. The van der Waals surface area contributed by atoms with E-state index in [1.807, 2.05) is 0 Å². The van der Waals surface area contributed by atoms with E-state index < -0.39 is 15.4 Å². The van der Waals surface area contributed by atoms with E-state index in [0.29, 0.717) is 17.0 Å². The summed E-state index contributed by atoms with van der Waals surface area (Å²) in [4.78, 5) is 15.8. The summed E-state index contributed by atoms with van der Waals surface area (Å²) in [5, 5.41) is 0. The maximum atomic E-state index is 11.8. The minimum absolute atomic E-state index is 0.222. The fraction of sp³-hybridized carbons (Fsp3) is 0.462. The van der Waals surface area contributed by atoms with Gasteiger partial charge in [-0.15, -0.1) is 0 Å². The minimum atomic E-state index is -3.43. The van der Waals surface area contributed by atoms with Crippen LogP contribution in [-0.4, -0.2) is 32.0 Å². The number of sulfonamides is 1. The zero-order valence-electron chi connectivity index (χ0n) is 11.8. The highest BCUT2D eigenvalue weighted by molar-refractivity contribution is 7.89. The quantitative estimate of drug-likeness (QED) is 0.689. The van der Waals surface area contributed by atoms with Crippen LogP contribution < -0.4 is 0 Å². The van der Waals surface area contributed by atoms with Crippen LogP contribution in [0.15, 0.2) is 33.2 Å². The Morgan fingerprint density at radius 3 is 2.21 bits per heavy atom. The smallest absolute Gasteiger partial charge is 0.251 e. The van der Waals surface area contributed by atoms with Gasteiger partial charge in [-0.3, -0.25) is 4.79 Å². The first-order valence-electron chi connectivity index (χ1n) is 5.79. The molecule has 5 nitrogen and oxygen atoms in total. The van der Waals surface area contributed by atoms with Crippen molar-refractivity contribution in [1.82, 2.24) is 0 Å². The molecule has 0 aromatic rings. The fourth-order valence-corrected chi connectivity index (χ4v) is 1.84. The molecular formula is C13H18N2O3S. The summed E-state index contributed by atoms with van der Waals surface area (Å²) < 4.78 is 25.8. The third-order valence-electron chi connectivity index (χ3n) is 2.32. The lowest BCUT2D eigenvalue weighted by molar-refractivity contribution is -0.124. The number of carbonyl (C=O) groups excluding carboxylic acids is 1. The molecule has 0 atom stereocenters. The standard InChI is InChI=1S/C13H18N2O3S/c1-9-8-10(14-12(16)13(2,3)4)6-7-11(9)15-19(5,17)18/h6-8H,1-5H3/b14-10?,15-11+. The van der Waals surface area contributed by atoms with Crippen molar-refractivity contribution in [2.24, 2.45) is 14.8 Å². The summed E-state index contributed by atoms with van der Waals surface area (Å²) in [7, 11) is -3.43. The maximum Gasteiger partial charge on any atom is 0.251 e. The monoisotopic (exact) mass is 282 g/mol. The zero-order chi connectivity index (χ0) is 14.8. The van der Waals surface area contributed by atoms with Gasteiger partial charge < -0.3 is 0 Å². The average Bonchev–Trinajstić information content (AvgIpc) is 2.19. The lowest BCUT2D eigenvalue weighted by atomic mass is 9.95. The van der Waals surface area contributed by atoms with E-state index >= 15 is 0 Å². The molecule has 0 fully saturated rings. The average molecular weight is 282 g/mol. The molecule has 1 rings (SSSR count). The van der Waals surface area contributed by atoms with Crippen LogP contribution in [0.2, 0.25) is 0 Å². The Morgan fingerprint density at radius 1 is 1.21 bits per heavy atom. The summed E-state index contributed by atoms with van der Waals surface area (Å²) in [5.74, 6) is -0.222. The van der Waals surface area contributed by atoms with Gasteiger partial charge >= 0.3 is 0 Å². The van der Waals surface area contributed by atoms with Gasteiger partial charge in [-0.05, 0) is 30.7 Å². The number of carbonyl (C=O) groups is 1. The van der Waals surface area contributed by atoms with Crippen LogP contribution in [0, 0.1) is 5.41 Å². The molecule has 1 aliphatic carbocycles. The van der Waals surface area contributed by atoms with Crippen LogP contribution in [0.4, 0.5) is 0 Å². The Kier molecular flexibility index (Phi) is 4.25. The van der Waals surface area contributed by atoms with Crippen molar-refractivity contribution in [3.8, 4) is 0 Å². The highest BCUT2D eigenvalue weighted by atomic mass is 32.2. The molecule has 19 heavy (non-hydrogen) atoms. The molecule has 0 unspecified atom stereocenters. The van der Waals surface area contributed by atoms with Crippen molar-refractivity contribution in [3.05, 3.63) is 23.8 Å². The highest BCUT2D eigenvalue weighted by Gasteiger charge is 2.21. The van der Waals surface area contributed by atoms with Gasteiger partial charge in [0.05, 0.1) is 17.7 Å². The van der Waals surface area contributed by atoms with E-state index in [2.05, 4.69) is 9.39 Å². The molecule has 1 amide bonds. The second-order valence-electron chi connectivity index (χ2n) is 5.46. The van der Waals surface area contributed by atoms with Crippen molar-refractivity contribution in [2.45, 2.75) is 27.7 Å². The van der Waals surface area contributed by atoms with Crippen molar-refractivity contribution < 1.29 is 13.2 Å². The van der Waals surface area contributed by atoms with Crippen LogP contribution in [0.3, 0.4) is 0 Å². The molecule has 0 radical (unpaired) electrons. The van der Waals surface area contributed by atoms with Gasteiger partial charge in [0.25, 0.3) is 15.9 Å². The third kappa shape index (κ3) is 4.90. The van der Waals surface area contributed by atoms with Crippen molar-refractivity contribution in [2.75, 3.05) is 6.26 Å². The van der Waals surface area contributed by atoms with Crippen LogP contribution in [0.1, 0.15) is 27.7 Å². The normalized spacial score (nSPS) is 20.8. The van der Waals surface area contributed by atoms with Crippen LogP contribution in [-0.2, 0) is 14.8 Å². The molecule has 6 heteroatoms. The lowest BCUT2D eigenvalue weighted by Crippen LogP contribution is -2.19. The summed E-state index contributed by atoms with van der Waals surface area (Å²) in [6.45, 7) is 7.10. The molecule has 0 aromatic heterocycles. The number of amides is 1. The Balaban J connectivity index is 3.06. The molecule has 0 saturated carbocycles. The Labute approximate surface area is 113 Å². The van der Waals surface area contributed by atoms with E-state index in [1.54, 1.807) is 45.9 Å². The number of rotatable bonds is 1. The highest BCUT2D eigenvalue weighted by Crippen LogP contribution is 2.16. The van der Waals surface area contributed by atoms with Crippen LogP contribution >= 0.6 is 0 Å². The first-order valence-corrected chi connectivity index (χ1v) is 7.64. The molecular weight excluding hydrogens is 264 g/mol. The topological polar surface area (TPSA) is 75.9 Å². The van der Waals surface area contributed by atoms with Gasteiger partial charge in [-0.25, -0.2) is 13.4 Å². The van der Waals surface area contributed by atoms with Gasteiger partial charge in [0.1, 0.15) is 0 Å². The molecule has 104 valence electrons. The predicted octanol–water partition coefficient (Wildman–Crippen LogP) is 1.92. The van der Waals surface area contributed by atoms with E-state index in [1.165, 1.54) is 0 Å².